The van der Waals surface area contributed by atoms with Gasteiger partial charge in [0.2, 0.25) is 5.01 Å². The lowest BCUT2D eigenvalue weighted by molar-refractivity contribution is 0.102. The lowest BCUT2D eigenvalue weighted by Gasteiger charge is -2.04. The van der Waals surface area contributed by atoms with Crippen molar-refractivity contribution in [1.29, 1.82) is 0 Å². The molecule has 0 aliphatic rings. The average Bonchev–Trinajstić information content (AvgIpc) is 3.36. The van der Waals surface area contributed by atoms with Crippen LogP contribution in [0.2, 0.25) is 0 Å². The largest absolute Gasteiger partial charge is 0.322 e. The number of halogens is 1. The highest BCUT2D eigenvalue weighted by atomic mass is 32.2. The van der Waals surface area contributed by atoms with E-state index in [1.807, 2.05) is 48.1 Å². The van der Waals surface area contributed by atoms with Crippen molar-refractivity contribution in [3.63, 3.8) is 0 Å². The van der Waals surface area contributed by atoms with Crippen LogP contribution in [-0.2, 0) is 12.8 Å². The van der Waals surface area contributed by atoms with E-state index in [1.165, 1.54) is 47.4 Å². The van der Waals surface area contributed by atoms with Gasteiger partial charge in [-0.05, 0) is 29.8 Å². The molecule has 1 amide bonds. The summed E-state index contributed by atoms with van der Waals surface area (Å²) in [5.41, 5.74) is 2.64. The van der Waals surface area contributed by atoms with Crippen LogP contribution in [0, 0.1) is 5.82 Å². The van der Waals surface area contributed by atoms with E-state index in [0.717, 1.165) is 21.4 Å². The number of carbonyl (C=O) groups excluding carboxylic acids is 1. The van der Waals surface area contributed by atoms with Crippen molar-refractivity contribution >= 4 is 34.7 Å². The number of anilines is 1. The van der Waals surface area contributed by atoms with Crippen molar-refractivity contribution < 1.29 is 9.18 Å². The van der Waals surface area contributed by atoms with Crippen LogP contribution < -0.4 is 5.32 Å². The fourth-order valence-electron chi connectivity index (χ4n) is 2.65. The number of hydrogen-bond donors (Lipinski definition) is 1. The maximum atomic E-state index is 13.0. The minimum Gasteiger partial charge on any atom is -0.322 e. The summed E-state index contributed by atoms with van der Waals surface area (Å²) in [6.45, 7) is 0. The Morgan fingerprint density at radius 2 is 1.90 bits per heavy atom. The van der Waals surface area contributed by atoms with Gasteiger partial charge < -0.3 is 9.88 Å². The van der Waals surface area contributed by atoms with Crippen LogP contribution in [0.5, 0.6) is 0 Å². The molecular weight excluding hydrogens is 409 g/mol. The zero-order valence-corrected chi connectivity index (χ0v) is 17.0. The van der Waals surface area contributed by atoms with E-state index in [4.69, 9.17) is 0 Å². The number of carbonyl (C=O) groups is 1. The maximum Gasteiger partial charge on any atom is 0.286 e. The molecule has 4 aromatic rings. The number of thioether (sulfide) groups is 1. The van der Waals surface area contributed by atoms with Gasteiger partial charge in [-0.2, -0.15) is 0 Å². The molecule has 146 valence electrons. The van der Waals surface area contributed by atoms with Gasteiger partial charge in [0.05, 0.1) is 17.6 Å². The summed E-state index contributed by atoms with van der Waals surface area (Å²) >= 11 is 2.76. The first-order valence-corrected chi connectivity index (χ1v) is 10.5. The molecule has 0 fully saturated rings. The molecule has 0 radical (unpaired) electrons. The summed E-state index contributed by atoms with van der Waals surface area (Å²) in [5.74, 6) is -0.169. The Balaban J connectivity index is 1.39. The van der Waals surface area contributed by atoms with Crippen LogP contribution in [0.15, 0.2) is 66.0 Å². The van der Waals surface area contributed by atoms with Crippen molar-refractivity contribution in [2.75, 3.05) is 5.32 Å². The van der Waals surface area contributed by atoms with Crippen LogP contribution in [0.4, 0.5) is 10.1 Å². The Kier molecular flexibility index (Phi) is 5.68. The molecule has 0 aliphatic heterocycles. The number of hydrogen-bond acceptors (Lipinski definition) is 6. The molecule has 2 heterocycles. The molecule has 9 heteroatoms. The van der Waals surface area contributed by atoms with Crippen molar-refractivity contribution in [3.8, 4) is 11.3 Å². The molecule has 0 saturated heterocycles. The summed E-state index contributed by atoms with van der Waals surface area (Å²) in [5, 5.41) is 12.6. The van der Waals surface area contributed by atoms with Gasteiger partial charge in [-0.25, -0.2) is 9.37 Å². The molecular formula is C20H16FN5OS2. The molecule has 2 aromatic carbocycles. The molecule has 2 aromatic heterocycles. The molecule has 0 unspecified atom stereocenters. The smallest absolute Gasteiger partial charge is 0.286 e. The van der Waals surface area contributed by atoms with Gasteiger partial charge in [0.1, 0.15) is 10.8 Å². The lowest BCUT2D eigenvalue weighted by Crippen LogP contribution is -2.11. The first-order valence-electron chi connectivity index (χ1n) is 8.69. The number of amides is 1. The van der Waals surface area contributed by atoms with Crippen molar-refractivity contribution in [3.05, 3.63) is 76.6 Å². The number of nitrogens with zero attached hydrogens (tertiary/aromatic N) is 4. The van der Waals surface area contributed by atoms with Gasteiger partial charge in [-0.1, -0.05) is 53.4 Å². The highest BCUT2D eigenvalue weighted by Crippen LogP contribution is 2.27. The molecule has 29 heavy (non-hydrogen) atoms. The summed E-state index contributed by atoms with van der Waals surface area (Å²) in [4.78, 5) is 16.8. The van der Waals surface area contributed by atoms with Gasteiger partial charge in [-0.3, -0.25) is 4.79 Å². The first-order chi connectivity index (χ1) is 14.1. The normalized spacial score (nSPS) is 10.8. The fraction of sp³-hybridized carbons (Fsp3) is 0.100. The van der Waals surface area contributed by atoms with E-state index >= 15 is 0 Å². The molecule has 0 aliphatic carbocycles. The van der Waals surface area contributed by atoms with Crippen molar-refractivity contribution in [2.45, 2.75) is 10.9 Å². The summed E-state index contributed by atoms with van der Waals surface area (Å²) < 4.78 is 15.0. The van der Waals surface area contributed by atoms with Gasteiger partial charge in [0.25, 0.3) is 5.91 Å². The minimum atomic E-state index is -0.367. The first kappa shape index (κ1) is 19.3. The second-order valence-electron chi connectivity index (χ2n) is 6.10. The van der Waals surface area contributed by atoms with Crippen LogP contribution in [0.25, 0.3) is 11.3 Å². The second kappa shape index (κ2) is 8.54. The zero-order valence-electron chi connectivity index (χ0n) is 15.4. The van der Waals surface area contributed by atoms with Gasteiger partial charge in [0.15, 0.2) is 5.16 Å². The highest BCUT2D eigenvalue weighted by Gasteiger charge is 2.15. The Bertz CT molecular complexity index is 1130. The van der Waals surface area contributed by atoms with Crippen LogP contribution in [0.3, 0.4) is 0 Å². The minimum absolute atomic E-state index is 0.259. The molecule has 0 bridgehead atoms. The molecule has 6 nitrogen and oxygen atoms in total. The predicted octanol–water partition coefficient (Wildman–Crippen LogP) is 4.62. The molecule has 1 N–H and O–H groups in total. The molecule has 0 saturated carbocycles. The summed E-state index contributed by atoms with van der Waals surface area (Å²) in [6.07, 6.45) is 1.85. The van der Waals surface area contributed by atoms with E-state index in [-0.39, 0.29) is 16.7 Å². The third kappa shape index (κ3) is 4.52. The Hall–Kier alpha value is -3.04. The Labute approximate surface area is 174 Å². The maximum absolute atomic E-state index is 13.0. The fourth-order valence-corrected chi connectivity index (χ4v) is 4.32. The van der Waals surface area contributed by atoms with Crippen LogP contribution in [0.1, 0.15) is 14.8 Å². The van der Waals surface area contributed by atoms with Gasteiger partial charge >= 0.3 is 0 Å². The second-order valence-corrected chi connectivity index (χ2v) is 8.11. The third-order valence-corrected chi connectivity index (χ3v) is 6.26. The van der Waals surface area contributed by atoms with E-state index in [9.17, 15) is 9.18 Å². The number of imidazole rings is 1. The third-order valence-electron chi connectivity index (χ3n) is 4.10. The Morgan fingerprint density at radius 1 is 1.14 bits per heavy atom. The molecule has 0 atom stereocenters. The van der Waals surface area contributed by atoms with E-state index in [1.54, 1.807) is 0 Å². The molecule has 0 spiro atoms. The zero-order chi connectivity index (χ0) is 20.2. The van der Waals surface area contributed by atoms with E-state index in [0.29, 0.717) is 11.4 Å². The SMILES string of the molecule is Cn1c(-c2ccccc2)cnc1SCc1nnc(C(=O)Nc2ccc(F)cc2)s1. The Morgan fingerprint density at radius 3 is 2.66 bits per heavy atom. The predicted molar refractivity (Wildman–Crippen MR) is 112 cm³/mol. The monoisotopic (exact) mass is 425 g/mol. The number of nitrogens with one attached hydrogen (secondary N) is 1. The van der Waals surface area contributed by atoms with E-state index < -0.39 is 0 Å². The van der Waals surface area contributed by atoms with Crippen molar-refractivity contribution in [1.82, 2.24) is 19.7 Å². The van der Waals surface area contributed by atoms with Gasteiger partial charge in [0, 0.05) is 12.7 Å². The summed E-state index contributed by atoms with van der Waals surface area (Å²) in [7, 11) is 1.97. The quantitative estimate of drug-likeness (QED) is 0.456. The topological polar surface area (TPSA) is 72.7 Å². The number of aromatic nitrogens is 4. The molecule has 4 rings (SSSR count). The van der Waals surface area contributed by atoms with Crippen LogP contribution in [-0.4, -0.2) is 25.7 Å². The van der Waals surface area contributed by atoms with Gasteiger partial charge in [-0.15, -0.1) is 10.2 Å². The highest BCUT2D eigenvalue weighted by molar-refractivity contribution is 7.98. The number of benzene rings is 2. The number of rotatable bonds is 6. The lowest BCUT2D eigenvalue weighted by atomic mass is 10.2. The van der Waals surface area contributed by atoms with Crippen LogP contribution >= 0.6 is 23.1 Å². The summed E-state index contributed by atoms with van der Waals surface area (Å²) in [6, 6.07) is 15.6. The van der Waals surface area contributed by atoms with Crippen molar-refractivity contribution in [2.24, 2.45) is 7.05 Å². The standard InChI is InChI=1S/C20H16FN5OS2/c1-26-16(13-5-3-2-4-6-13)11-22-20(26)28-12-17-24-25-19(29-17)18(27)23-15-9-7-14(21)8-10-15/h2-11H,12H2,1H3,(H,23,27). The average molecular weight is 426 g/mol. The van der Waals surface area contributed by atoms with E-state index in [2.05, 4.69) is 20.5 Å².